The molecule has 0 unspecified atom stereocenters. The van der Waals surface area contributed by atoms with Crippen molar-refractivity contribution < 1.29 is 24.2 Å². The van der Waals surface area contributed by atoms with Crippen LogP contribution < -0.4 is 11.4 Å². The van der Waals surface area contributed by atoms with Gasteiger partial charge >= 0.3 is 14.3 Å². The van der Waals surface area contributed by atoms with Gasteiger partial charge in [0.05, 0.1) is 13.2 Å². The van der Waals surface area contributed by atoms with E-state index in [2.05, 4.69) is 14.5 Å². The first kappa shape index (κ1) is 15.9. The van der Waals surface area contributed by atoms with Crippen LogP contribution in [-0.2, 0) is 15.8 Å². The number of aryl methyl sites for hydroxylation is 1. The zero-order valence-corrected chi connectivity index (χ0v) is 11.0. The summed E-state index contributed by atoms with van der Waals surface area (Å²) < 4.78 is 10.6. The molecule has 0 amide bonds. The van der Waals surface area contributed by atoms with Crippen LogP contribution in [0.4, 0.5) is 5.95 Å². The molecule has 5 N–H and O–H groups in total. The second-order valence-electron chi connectivity index (χ2n) is 3.49. The topological polar surface area (TPSA) is 153 Å². The molecular weight excluding hydrogens is 279 g/mol. The number of rotatable bonds is 7. The Morgan fingerprint density at radius 2 is 2.16 bits per heavy atom. The van der Waals surface area contributed by atoms with Gasteiger partial charge in [-0.1, -0.05) is 0 Å². The number of nitrogens with zero attached hydrogens (tertiary/aromatic N) is 3. The summed E-state index contributed by atoms with van der Waals surface area (Å²) in [6.45, 7) is 0.729. The number of aliphatic hydroxyl groups excluding tert-OH is 1. The molecule has 0 aliphatic carbocycles. The maximum Gasteiger partial charge on any atom is 0.352 e. The Hall–Kier alpha value is -1.16. The van der Waals surface area contributed by atoms with Crippen LogP contribution in [0.1, 0.15) is 5.82 Å². The highest BCUT2D eigenvalue weighted by Crippen LogP contribution is 2.23. The molecule has 1 heterocycles. The number of aromatic nitrogens is 3. The minimum atomic E-state index is -2.53. The number of hydrogen-bond donors (Lipinski definition) is 4. The molecule has 0 fully saturated rings. The van der Waals surface area contributed by atoms with Crippen molar-refractivity contribution in [2.75, 3.05) is 19.1 Å². The molecule has 0 aromatic carbocycles. The summed E-state index contributed by atoms with van der Waals surface area (Å²) >= 11 is 0. The van der Waals surface area contributed by atoms with Gasteiger partial charge in [-0.15, -0.1) is 0 Å². The third-order valence-corrected chi connectivity index (χ3v) is 2.51. The predicted octanol–water partition coefficient (Wildman–Crippen LogP) is -1.91. The van der Waals surface area contributed by atoms with E-state index in [1.54, 1.807) is 6.92 Å². The van der Waals surface area contributed by atoms with Gasteiger partial charge in [0.1, 0.15) is 11.9 Å². The molecule has 1 atom stereocenters. The molecule has 19 heavy (non-hydrogen) atoms. The number of ether oxygens (including phenoxy) is 1. The van der Waals surface area contributed by atoms with Crippen molar-refractivity contribution in [2.24, 2.45) is 0 Å². The van der Waals surface area contributed by atoms with Crippen LogP contribution in [-0.4, -0.2) is 48.9 Å². The summed E-state index contributed by atoms with van der Waals surface area (Å²) in [6.07, 6.45) is -0.779. The molecule has 0 aliphatic rings. The van der Waals surface area contributed by atoms with Gasteiger partial charge in [0.2, 0.25) is 5.95 Å². The van der Waals surface area contributed by atoms with Crippen molar-refractivity contribution in [3.05, 3.63) is 16.3 Å². The summed E-state index contributed by atoms with van der Waals surface area (Å²) in [6, 6.07) is 0. The SMILES string of the molecule is Cc1nc(N)nc(=O)n1C[C@@H](CO)OCOP(O)O. The van der Waals surface area contributed by atoms with E-state index in [0.29, 0.717) is 5.82 Å². The molecule has 0 bridgehead atoms. The van der Waals surface area contributed by atoms with Gasteiger partial charge in [0, 0.05) is 0 Å². The van der Waals surface area contributed by atoms with Crippen molar-refractivity contribution in [3.8, 4) is 0 Å². The van der Waals surface area contributed by atoms with Crippen LogP contribution >= 0.6 is 8.60 Å². The van der Waals surface area contributed by atoms with E-state index in [-0.39, 0.29) is 12.5 Å². The molecule has 0 aliphatic heterocycles. The molecule has 10 nitrogen and oxygen atoms in total. The molecule has 11 heteroatoms. The highest BCUT2D eigenvalue weighted by Gasteiger charge is 2.14. The monoisotopic (exact) mass is 294 g/mol. The number of nitrogen functional groups attached to an aromatic ring is 1. The fourth-order valence-electron chi connectivity index (χ4n) is 1.30. The van der Waals surface area contributed by atoms with Gasteiger partial charge in [-0.2, -0.15) is 4.98 Å². The van der Waals surface area contributed by atoms with Crippen LogP contribution in [0.15, 0.2) is 4.79 Å². The Labute approximate surface area is 109 Å². The van der Waals surface area contributed by atoms with Crippen LogP contribution in [0.3, 0.4) is 0 Å². The number of hydrogen-bond acceptors (Lipinski definition) is 9. The fraction of sp³-hybridized carbons (Fsp3) is 0.625. The van der Waals surface area contributed by atoms with Gasteiger partial charge in [-0.05, 0) is 6.92 Å². The quantitative estimate of drug-likeness (QED) is 0.333. The summed E-state index contributed by atoms with van der Waals surface area (Å²) in [5.74, 6) is 0.196. The molecule has 0 spiro atoms. The maximum atomic E-state index is 11.6. The van der Waals surface area contributed by atoms with Gasteiger partial charge in [-0.3, -0.25) is 9.09 Å². The first-order chi connectivity index (χ1) is 8.93. The largest absolute Gasteiger partial charge is 0.394 e. The molecule has 0 radical (unpaired) electrons. The normalized spacial score (nSPS) is 12.9. The van der Waals surface area contributed by atoms with Crippen LogP contribution in [0.25, 0.3) is 0 Å². The molecule has 108 valence electrons. The van der Waals surface area contributed by atoms with Gasteiger partial charge in [0.25, 0.3) is 0 Å². The van der Waals surface area contributed by atoms with Crippen molar-refractivity contribution in [2.45, 2.75) is 19.6 Å². The standard InChI is InChI=1S/C8H15N4O6P/c1-5-10-7(9)11-8(14)12(5)2-6(3-13)17-4-18-19(15)16/h6,13,15-16H,2-4H2,1H3,(H2,9,11,14)/t6-/m0/s1. The lowest BCUT2D eigenvalue weighted by Crippen LogP contribution is -2.34. The Morgan fingerprint density at radius 1 is 1.47 bits per heavy atom. The molecule has 0 saturated heterocycles. The zero-order valence-electron chi connectivity index (χ0n) is 10.1. The first-order valence-corrected chi connectivity index (χ1v) is 6.34. The molecular formula is C8H15N4O6P. The van der Waals surface area contributed by atoms with E-state index in [4.69, 9.17) is 25.4 Å². The van der Waals surface area contributed by atoms with Crippen LogP contribution in [0, 0.1) is 6.92 Å². The lowest BCUT2D eigenvalue weighted by Gasteiger charge is -2.17. The highest BCUT2D eigenvalue weighted by molar-refractivity contribution is 7.39. The average Bonchev–Trinajstić information content (AvgIpc) is 2.30. The summed E-state index contributed by atoms with van der Waals surface area (Å²) in [7, 11) is -2.53. The minimum absolute atomic E-state index is 0.0143. The molecule has 1 aromatic heterocycles. The van der Waals surface area contributed by atoms with Crippen molar-refractivity contribution in [3.63, 3.8) is 0 Å². The number of aliphatic hydroxyl groups is 1. The fourth-order valence-corrected chi connectivity index (χ4v) is 1.45. The summed E-state index contributed by atoms with van der Waals surface area (Å²) in [4.78, 5) is 35.9. The van der Waals surface area contributed by atoms with Crippen molar-refractivity contribution in [1.29, 1.82) is 0 Å². The van der Waals surface area contributed by atoms with E-state index < -0.39 is 33.8 Å². The first-order valence-electron chi connectivity index (χ1n) is 5.18. The minimum Gasteiger partial charge on any atom is -0.394 e. The predicted molar refractivity (Wildman–Crippen MR) is 64.7 cm³/mol. The van der Waals surface area contributed by atoms with E-state index in [1.165, 1.54) is 4.57 Å². The van der Waals surface area contributed by atoms with Crippen LogP contribution in [0.2, 0.25) is 0 Å². The Morgan fingerprint density at radius 3 is 2.68 bits per heavy atom. The third-order valence-electron chi connectivity index (χ3n) is 2.17. The van der Waals surface area contributed by atoms with Gasteiger partial charge in [0.15, 0.2) is 6.79 Å². The maximum absolute atomic E-state index is 11.6. The smallest absolute Gasteiger partial charge is 0.352 e. The molecule has 1 aromatic rings. The van der Waals surface area contributed by atoms with Crippen LogP contribution in [0.5, 0.6) is 0 Å². The number of nitrogens with two attached hydrogens (primary N) is 1. The number of anilines is 1. The van der Waals surface area contributed by atoms with E-state index >= 15 is 0 Å². The zero-order chi connectivity index (χ0) is 14.4. The van der Waals surface area contributed by atoms with Crippen molar-refractivity contribution in [1.82, 2.24) is 14.5 Å². The molecule has 1 rings (SSSR count). The van der Waals surface area contributed by atoms with E-state index in [0.717, 1.165) is 0 Å². The third kappa shape index (κ3) is 5.15. The van der Waals surface area contributed by atoms with Gasteiger partial charge in [-0.25, -0.2) is 9.78 Å². The Balaban J connectivity index is 2.68. The summed E-state index contributed by atoms with van der Waals surface area (Å²) in [5.41, 5.74) is 4.70. The van der Waals surface area contributed by atoms with Crippen molar-refractivity contribution >= 4 is 14.6 Å². The second kappa shape index (κ2) is 7.43. The second-order valence-corrected chi connectivity index (χ2v) is 4.26. The average molecular weight is 294 g/mol. The lowest BCUT2D eigenvalue weighted by atomic mass is 10.3. The Bertz CT molecular complexity index is 467. The Kier molecular flexibility index (Phi) is 6.22. The van der Waals surface area contributed by atoms with E-state index in [9.17, 15) is 4.79 Å². The highest BCUT2D eigenvalue weighted by atomic mass is 31.2. The van der Waals surface area contributed by atoms with E-state index in [1.807, 2.05) is 0 Å². The lowest BCUT2D eigenvalue weighted by molar-refractivity contribution is -0.0671. The summed E-state index contributed by atoms with van der Waals surface area (Å²) in [5, 5.41) is 9.11. The molecule has 0 saturated carbocycles. The van der Waals surface area contributed by atoms with Gasteiger partial charge < -0.3 is 25.4 Å².